The first kappa shape index (κ1) is 12.5. The Morgan fingerprint density at radius 3 is 2.58 bits per heavy atom. The molecule has 0 spiro atoms. The molecule has 0 unspecified atom stereocenters. The summed E-state index contributed by atoms with van der Waals surface area (Å²) in [5.74, 6) is 0. The van der Waals surface area contributed by atoms with Gasteiger partial charge in [0.05, 0.1) is 0 Å². The van der Waals surface area contributed by atoms with Gasteiger partial charge in [-0.05, 0) is 51.1 Å². The second-order valence-electron chi connectivity index (χ2n) is 5.94. The van der Waals surface area contributed by atoms with Crippen LogP contribution in [0, 0.1) is 0 Å². The van der Waals surface area contributed by atoms with Gasteiger partial charge in [-0.15, -0.1) is 0 Å². The normalized spacial score (nSPS) is 17.1. The number of benzene rings is 1. The summed E-state index contributed by atoms with van der Waals surface area (Å²) >= 11 is 0. The summed E-state index contributed by atoms with van der Waals surface area (Å²) in [5.41, 5.74) is 4.41. The summed E-state index contributed by atoms with van der Waals surface area (Å²) in [5, 5.41) is 1.38. The van der Waals surface area contributed by atoms with Crippen LogP contribution in [0.25, 0.3) is 17.0 Å². The maximum atomic E-state index is 4.01. The Morgan fingerprint density at radius 2 is 2.00 bits per heavy atom. The third kappa shape index (κ3) is 1.82. The van der Waals surface area contributed by atoms with Crippen molar-refractivity contribution in [3.63, 3.8) is 0 Å². The molecular weight excluding hydrogens is 232 g/mol. The zero-order valence-corrected chi connectivity index (χ0v) is 12.1. The molecule has 19 heavy (non-hydrogen) atoms. The lowest BCUT2D eigenvalue weighted by molar-refractivity contribution is 0.270. The molecule has 1 aromatic carbocycles. The van der Waals surface area contributed by atoms with E-state index in [-0.39, 0.29) is 0 Å². The second-order valence-corrected chi connectivity index (χ2v) is 5.94. The summed E-state index contributed by atoms with van der Waals surface area (Å²) in [6, 6.07) is 8.68. The molecule has 0 amide bonds. The van der Waals surface area contributed by atoms with Gasteiger partial charge in [0.1, 0.15) is 0 Å². The van der Waals surface area contributed by atoms with E-state index in [0.29, 0.717) is 5.54 Å². The van der Waals surface area contributed by atoms with Crippen LogP contribution in [-0.2, 0) is 13.5 Å². The molecule has 1 aliphatic carbocycles. The topological polar surface area (TPSA) is 8.17 Å². The molecule has 2 aromatic rings. The zero-order valence-electron chi connectivity index (χ0n) is 12.1. The van der Waals surface area contributed by atoms with E-state index >= 15 is 0 Å². The number of rotatable bonds is 4. The van der Waals surface area contributed by atoms with Gasteiger partial charge in [0.25, 0.3) is 0 Å². The average Bonchev–Trinajstić information content (AvgIpc) is 3.14. The highest BCUT2D eigenvalue weighted by atomic mass is 15.2. The first-order chi connectivity index (χ1) is 9.09. The van der Waals surface area contributed by atoms with Crippen LogP contribution >= 0.6 is 0 Å². The van der Waals surface area contributed by atoms with Crippen molar-refractivity contribution >= 4 is 17.0 Å². The lowest BCUT2D eigenvalue weighted by Gasteiger charge is -2.24. The molecule has 0 bridgehead atoms. The smallest absolute Gasteiger partial charge is 0.0485 e. The van der Waals surface area contributed by atoms with E-state index in [4.69, 9.17) is 0 Å². The molecule has 1 aliphatic rings. The lowest BCUT2D eigenvalue weighted by atomic mass is 10.00. The maximum Gasteiger partial charge on any atom is 0.0485 e. The number of aryl methyl sites for hydroxylation is 1. The van der Waals surface area contributed by atoms with Gasteiger partial charge in [0, 0.05) is 29.2 Å². The SMILES string of the molecule is C=Cc1c(CC2(N(C)C)CC2)c2ccccc2n1C. The number of nitrogens with zero attached hydrogens (tertiary/aromatic N) is 2. The van der Waals surface area contributed by atoms with Gasteiger partial charge < -0.3 is 9.47 Å². The molecule has 0 aliphatic heterocycles. The third-order valence-corrected chi connectivity index (χ3v) is 4.74. The van der Waals surface area contributed by atoms with Crippen molar-refractivity contribution in [1.82, 2.24) is 9.47 Å². The highest BCUT2D eigenvalue weighted by Gasteiger charge is 2.45. The molecule has 1 saturated carbocycles. The van der Waals surface area contributed by atoms with E-state index in [1.165, 1.54) is 35.0 Å². The number of hydrogen-bond donors (Lipinski definition) is 0. The number of fused-ring (bicyclic) bond motifs is 1. The Balaban J connectivity index is 2.15. The zero-order chi connectivity index (χ0) is 13.6. The second kappa shape index (κ2) is 4.24. The predicted octanol–water partition coefficient (Wildman–Crippen LogP) is 3.46. The predicted molar refractivity (Wildman–Crippen MR) is 82.4 cm³/mol. The fourth-order valence-corrected chi connectivity index (χ4v) is 3.19. The van der Waals surface area contributed by atoms with Crippen LogP contribution in [0.5, 0.6) is 0 Å². The molecule has 2 nitrogen and oxygen atoms in total. The quantitative estimate of drug-likeness (QED) is 0.811. The van der Waals surface area contributed by atoms with E-state index in [1.54, 1.807) is 0 Å². The van der Waals surface area contributed by atoms with E-state index in [0.717, 1.165) is 6.42 Å². The monoisotopic (exact) mass is 254 g/mol. The molecule has 100 valence electrons. The van der Waals surface area contributed by atoms with E-state index < -0.39 is 0 Å². The van der Waals surface area contributed by atoms with E-state index in [9.17, 15) is 0 Å². The lowest BCUT2D eigenvalue weighted by Crippen LogP contribution is -2.32. The highest BCUT2D eigenvalue weighted by molar-refractivity contribution is 5.88. The molecule has 3 rings (SSSR count). The van der Waals surface area contributed by atoms with Crippen LogP contribution < -0.4 is 0 Å². The van der Waals surface area contributed by atoms with Gasteiger partial charge in [0.2, 0.25) is 0 Å². The van der Waals surface area contributed by atoms with Gasteiger partial charge in [-0.1, -0.05) is 24.8 Å². The standard InChI is InChI=1S/C17H22N2/c1-5-15-14(12-17(10-11-17)18(2)3)13-8-6-7-9-16(13)19(15)4/h5-9H,1,10-12H2,2-4H3. The summed E-state index contributed by atoms with van der Waals surface area (Å²) < 4.78 is 2.27. The molecule has 0 saturated heterocycles. The van der Waals surface area contributed by atoms with Crippen LogP contribution in [0.2, 0.25) is 0 Å². The Kier molecular flexibility index (Phi) is 2.79. The Morgan fingerprint density at radius 1 is 1.32 bits per heavy atom. The van der Waals surface area contributed by atoms with Crippen molar-refractivity contribution in [2.24, 2.45) is 7.05 Å². The van der Waals surface area contributed by atoms with Gasteiger partial charge in [0.15, 0.2) is 0 Å². The Hall–Kier alpha value is -1.54. The van der Waals surface area contributed by atoms with Crippen molar-refractivity contribution in [3.05, 3.63) is 42.1 Å². The fourth-order valence-electron chi connectivity index (χ4n) is 3.19. The summed E-state index contributed by atoms with van der Waals surface area (Å²) in [6.45, 7) is 4.01. The van der Waals surface area contributed by atoms with Gasteiger partial charge in [-0.3, -0.25) is 0 Å². The molecule has 1 fully saturated rings. The maximum absolute atomic E-state index is 4.01. The molecule has 0 radical (unpaired) electrons. The Bertz CT molecular complexity index is 630. The summed E-state index contributed by atoms with van der Waals surface area (Å²) in [6.07, 6.45) is 5.74. The first-order valence-electron chi connectivity index (χ1n) is 6.95. The minimum absolute atomic E-state index is 0.377. The van der Waals surface area contributed by atoms with Crippen LogP contribution in [0.1, 0.15) is 24.1 Å². The minimum atomic E-state index is 0.377. The average molecular weight is 254 g/mol. The Labute approximate surface area is 115 Å². The van der Waals surface area contributed by atoms with Crippen LogP contribution in [0.3, 0.4) is 0 Å². The van der Waals surface area contributed by atoms with E-state index in [2.05, 4.69) is 61.5 Å². The van der Waals surface area contributed by atoms with Crippen LogP contribution in [-0.4, -0.2) is 29.1 Å². The molecule has 1 aromatic heterocycles. The van der Waals surface area contributed by atoms with Gasteiger partial charge in [-0.25, -0.2) is 0 Å². The highest BCUT2D eigenvalue weighted by Crippen LogP contribution is 2.45. The molecule has 0 atom stereocenters. The number of para-hydroxylation sites is 1. The fraction of sp³-hybridized carbons (Fsp3) is 0.412. The number of aromatic nitrogens is 1. The molecule has 1 heterocycles. The van der Waals surface area contributed by atoms with Crippen LogP contribution in [0.4, 0.5) is 0 Å². The van der Waals surface area contributed by atoms with Crippen molar-refractivity contribution < 1.29 is 0 Å². The van der Waals surface area contributed by atoms with Crippen molar-refractivity contribution in [2.45, 2.75) is 24.8 Å². The van der Waals surface area contributed by atoms with Gasteiger partial charge >= 0.3 is 0 Å². The number of likely N-dealkylation sites (N-methyl/N-ethyl adjacent to an activating group) is 1. The van der Waals surface area contributed by atoms with Gasteiger partial charge in [-0.2, -0.15) is 0 Å². The third-order valence-electron chi connectivity index (χ3n) is 4.74. The van der Waals surface area contributed by atoms with E-state index in [1.807, 2.05) is 6.08 Å². The summed E-state index contributed by atoms with van der Waals surface area (Å²) in [4.78, 5) is 2.39. The molecular formula is C17H22N2. The molecule has 2 heteroatoms. The minimum Gasteiger partial charge on any atom is -0.344 e. The summed E-state index contributed by atoms with van der Waals surface area (Å²) in [7, 11) is 6.54. The number of hydrogen-bond acceptors (Lipinski definition) is 1. The molecule has 0 N–H and O–H groups in total. The van der Waals surface area contributed by atoms with Crippen molar-refractivity contribution in [3.8, 4) is 0 Å². The largest absolute Gasteiger partial charge is 0.344 e. The van der Waals surface area contributed by atoms with Crippen LogP contribution in [0.15, 0.2) is 30.8 Å². The van der Waals surface area contributed by atoms with Crippen molar-refractivity contribution in [1.29, 1.82) is 0 Å². The first-order valence-corrected chi connectivity index (χ1v) is 6.95. The van der Waals surface area contributed by atoms with Crippen molar-refractivity contribution in [2.75, 3.05) is 14.1 Å².